The fourth-order valence-corrected chi connectivity index (χ4v) is 1.55. The van der Waals surface area contributed by atoms with E-state index in [9.17, 15) is 4.79 Å². The molecule has 0 aliphatic carbocycles. The fraction of sp³-hybridized carbons (Fsp3) is 0.583. The summed E-state index contributed by atoms with van der Waals surface area (Å²) in [7, 11) is 1.61. The zero-order valence-electron chi connectivity index (χ0n) is 11.2. The standard InChI is InChI=1S/C12H21N5O/c1-4-6-14-11-9(5-2)12(17-8-16-11)15-7-10(18)13-3/h8H,4-7H2,1-3H3,(H,13,18)(H2,14,15,16,17). The van der Waals surface area contributed by atoms with E-state index in [1.165, 1.54) is 6.33 Å². The molecule has 0 saturated heterocycles. The second-order valence-corrected chi connectivity index (χ2v) is 3.86. The molecule has 6 heteroatoms. The van der Waals surface area contributed by atoms with Crippen molar-refractivity contribution in [3.8, 4) is 0 Å². The predicted molar refractivity (Wildman–Crippen MR) is 72.7 cm³/mol. The van der Waals surface area contributed by atoms with Crippen LogP contribution in [0.1, 0.15) is 25.8 Å². The average Bonchev–Trinajstić information content (AvgIpc) is 2.42. The molecule has 0 radical (unpaired) electrons. The van der Waals surface area contributed by atoms with Crippen LogP contribution >= 0.6 is 0 Å². The fourth-order valence-electron chi connectivity index (χ4n) is 1.55. The van der Waals surface area contributed by atoms with Crippen LogP contribution in [0.4, 0.5) is 11.6 Å². The van der Waals surface area contributed by atoms with Crippen LogP contribution < -0.4 is 16.0 Å². The molecule has 1 aromatic heterocycles. The predicted octanol–water partition coefficient (Wildman–Crippen LogP) is 1.02. The van der Waals surface area contributed by atoms with Gasteiger partial charge in [0.15, 0.2) is 0 Å². The van der Waals surface area contributed by atoms with E-state index in [0.717, 1.165) is 36.6 Å². The molecular formula is C12H21N5O. The minimum atomic E-state index is -0.0706. The van der Waals surface area contributed by atoms with Crippen molar-refractivity contribution in [2.75, 3.05) is 30.8 Å². The minimum absolute atomic E-state index is 0.0706. The summed E-state index contributed by atoms with van der Waals surface area (Å²) >= 11 is 0. The van der Waals surface area contributed by atoms with Gasteiger partial charge >= 0.3 is 0 Å². The molecule has 0 fully saturated rings. The van der Waals surface area contributed by atoms with E-state index in [2.05, 4.69) is 32.8 Å². The highest BCUT2D eigenvalue weighted by Gasteiger charge is 2.09. The highest BCUT2D eigenvalue weighted by atomic mass is 16.1. The van der Waals surface area contributed by atoms with E-state index in [-0.39, 0.29) is 12.5 Å². The van der Waals surface area contributed by atoms with E-state index >= 15 is 0 Å². The molecule has 0 unspecified atom stereocenters. The van der Waals surface area contributed by atoms with Crippen molar-refractivity contribution in [2.45, 2.75) is 26.7 Å². The third-order valence-electron chi connectivity index (χ3n) is 2.54. The largest absolute Gasteiger partial charge is 0.370 e. The molecular weight excluding hydrogens is 230 g/mol. The number of amides is 1. The first kappa shape index (κ1) is 14.2. The van der Waals surface area contributed by atoms with Crippen molar-refractivity contribution < 1.29 is 4.79 Å². The van der Waals surface area contributed by atoms with E-state index in [0.29, 0.717) is 0 Å². The lowest BCUT2D eigenvalue weighted by Gasteiger charge is -2.13. The maximum atomic E-state index is 11.2. The molecule has 1 amide bonds. The Bertz CT molecular complexity index is 394. The monoisotopic (exact) mass is 251 g/mol. The summed E-state index contributed by atoms with van der Waals surface area (Å²) in [4.78, 5) is 19.6. The Morgan fingerprint density at radius 2 is 1.89 bits per heavy atom. The molecule has 3 N–H and O–H groups in total. The molecule has 6 nitrogen and oxygen atoms in total. The van der Waals surface area contributed by atoms with Gasteiger partial charge in [-0.25, -0.2) is 9.97 Å². The van der Waals surface area contributed by atoms with Gasteiger partial charge in [0.25, 0.3) is 0 Å². The van der Waals surface area contributed by atoms with E-state index in [4.69, 9.17) is 0 Å². The Balaban J connectivity index is 2.80. The third kappa shape index (κ3) is 3.87. The van der Waals surface area contributed by atoms with Crippen molar-refractivity contribution >= 4 is 17.5 Å². The van der Waals surface area contributed by atoms with Crippen LogP contribution in [0.5, 0.6) is 0 Å². The molecule has 0 aliphatic heterocycles. The SMILES string of the molecule is CCCNc1ncnc(NCC(=O)NC)c1CC. The second-order valence-electron chi connectivity index (χ2n) is 3.86. The molecule has 0 bridgehead atoms. The van der Waals surface area contributed by atoms with Gasteiger partial charge in [0.05, 0.1) is 6.54 Å². The number of nitrogens with one attached hydrogen (secondary N) is 3. The number of aromatic nitrogens is 2. The Hall–Kier alpha value is -1.85. The van der Waals surface area contributed by atoms with Crippen LogP contribution in [-0.4, -0.2) is 36.0 Å². The van der Waals surface area contributed by atoms with E-state index < -0.39 is 0 Å². The summed E-state index contributed by atoms with van der Waals surface area (Å²) in [5.74, 6) is 1.49. The van der Waals surface area contributed by atoms with Crippen LogP contribution in [0.25, 0.3) is 0 Å². The molecule has 1 heterocycles. The number of rotatable bonds is 7. The smallest absolute Gasteiger partial charge is 0.239 e. The van der Waals surface area contributed by atoms with Gasteiger partial charge in [-0.15, -0.1) is 0 Å². The Kier molecular flexibility index (Phi) is 5.90. The topological polar surface area (TPSA) is 78.9 Å². The maximum absolute atomic E-state index is 11.2. The quantitative estimate of drug-likeness (QED) is 0.674. The molecule has 1 rings (SSSR count). The first-order valence-corrected chi connectivity index (χ1v) is 6.25. The van der Waals surface area contributed by atoms with Gasteiger partial charge in [-0.05, 0) is 12.8 Å². The van der Waals surface area contributed by atoms with Gasteiger partial charge in [0.2, 0.25) is 5.91 Å². The summed E-state index contributed by atoms with van der Waals surface area (Å²) in [5, 5.41) is 8.85. The van der Waals surface area contributed by atoms with Gasteiger partial charge in [-0.3, -0.25) is 4.79 Å². The lowest BCUT2D eigenvalue weighted by atomic mass is 10.2. The van der Waals surface area contributed by atoms with Crippen LogP contribution in [0.3, 0.4) is 0 Å². The van der Waals surface area contributed by atoms with Crippen molar-refractivity contribution in [1.29, 1.82) is 0 Å². The molecule has 18 heavy (non-hydrogen) atoms. The average molecular weight is 251 g/mol. The number of anilines is 2. The van der Waals surface area contributed by atoms with E-state index in [1.807, 2.05) is 6.92 Å². The van der Waals surface area contributed by atoms with Gasteiger partial charge in [-0.2, -0.15) is 0 Å². The zero-order valence-corrected chi connectivity index (χ0v) is 11.2. The van der Waals surface area contributed by atoms with Crippen LogP contribution in [0.2, 0.25) is 0 Å². The zero-order chi connectivity index (χ0) is 13.4. The first-order valence-electron chi connectivity index (χ1n) is 6.25. The maximum Gasteiger partial charge on any atom is 0.239 e. The number of likely N-dealkylation sites (N-methyl/N-ethyl adjacent to an activating group) is 1. The minimum Gasteiger partial charge on any atom is -0.370 e. The summed E-state index contributed by atoms with van der Waals surface area (Å²) in [6.45, 7) is 5.23. The second kappa shape index (κ2) is 7.47. The van der Waals surface area contributed by atoms with Gasteiger partial charge in [-0.1, -0.05) is 13.8 Å². The highest BCUT2D eigenvalue weighted by Crippen LogP contribution is 2.20. The molecule has 1 aromatic rings. The Morgan fingerprint density at radius 1 is 1.22 bits per heavy atom. The highest BCUT2D eigenvalue weighted by molar-refractivity contribution is 5.80. The number of nitrogens with zero attached hydrogens (tertiary/aromatic N) is 2. The summed E-state index contributed by atoms with van der Waals surface area (Å²) in [6.07, 6.45) is 3.35. The first-order chi connectivity index (χ1) is 8.72. The molecule has 0 aromatic carbocycles. The van der Waals surface area contributed by atoms with Crippen LogP contribution in [0, 0.1) is 0 Å². The summed E-state index contributed by atoms with van der Waals surface area (Å²) in [6, 6.07) is 0. The van der Waals surface area contributed by atoms with Gasteiger partial charge < -0.3 is 16.0 Å². The molecule has 100 valence electrons. The lowest BCUT2D eigenvalue weighted by Crippen LogP contribution is -2.27. The molecule has 0 atom stereocenters. The number of hydrogen-bond donors (Lipinski definition) is 3. The Morgan fingerprint density at radius 3 is 2.44 bits per heavy atom. The number of carbonyl (C=O) groups excluding carboxylic acids is 1. The van der Waals surface area contributed by atoms with Crippen LogP contribution in [0.15, 0.2) is 6.33 Å². The van der Waals surface area contributed by atoms with E-state index in [1.54, 1.807) is 7.05 Å². The third-order valence-corrected chi connectivity index (χ3v) is 2.54. The normalized spacial score (nSPS) is 9.94. The Labute approximate surface area is 108 Å². The summed E-state index contributed by atoms with van der Waals surface area (Å²) in [5.41, 5.74) is 1.01. The molecule has 0 saturated carbocycles. The van der Waals surface area contributed by atoms with Gasteiger partial charge in [0.1, 0.15) is 18.0 Å². The molecule has 0 aliphatic rings. The molecule has 0 spiro atoms. The van der Waals surface area contributed by atoms with Crippen molar-refractivity contribution in [3.05, 3.63) is 11.9 Å². The van der Waals surface area contributed by atoms with Crippen molar-refractivity contribution in [1.82, 2.24) is 15.3 Å². The van der Waals surface area contributed by atoms with Crippen LogP contribution in [-0.2, 0) is 11.2 Å². The summed E-state index contributed by atoms with van der Waals surface area (Å²) < 4.78 is 0. The number of carbonyl (C=O) groups is 1. The lowest BCUT2D eigenvalue weighted by molar-refractivity contribution is -0.118. The number of hydrogen-bond acceptors (Lipinski definition) is 5. The van der Waals surface area contributed by atoms with Crippen molar-refractivity contribution in [3.63, 3.8) is 0 Å². The van der Waals surface area contributed by atoms with Gasteiger partial charge in [0, 0.05) is 19.2 Å². The van der Waals surface area contributed by atoms with Crippen molar-refractivity contribution in [2.24, 2.45) is 0 Å².